The minimum Gasteiger partial charge on any atom is -0.392 e. The van der Waals surface area contributed by atoms with Crippen LogP contribution in [0.3, 0.4) is 0 Å². The standard InChI is InChI=1S/C9H15ClN2OS/c1-6(13)9(2,3)12-5-8-11-4-7(10)14-8/h4,6,12-13H,5H2,1-3H3. The quantitative estimate of drug-likeness (QED) is 0.838. The maximum Gasteiger partial charge on any atom is 0.113 e. The molecule has 0 aliphatic rings. The molecule has 0 bridgehead atoms. The van der Waals surface area contributed by atoms with Gasteiger partial charge in [-0.1, -0.05) is 11.6 Å². The highest BCUT2D eigenvalue weighted by Gasteiger charge is 2.23. The van der Waals surface area contributed by atoms with Crippen molar-refractivity contribution in [1.82, 2.24) is 10.3 Å². The van der Waals surface area contributed by atoms with Crippen molar-refractivity contribution in [3.63, 3.8) is 0 Å². The van der Waals surface area contributed by atoms with Gasteiger partial charge in [-0.05, 0) is 20.8 Å². The topological polar surface area (TPSA) is 45.1 Å². The number of thiazole rings is 1. The highest BCUT2D eigenvalue weighted by Crippen LogP contribution is 2.19. The van der Waals surface area contributed by atoms with Gasteiger partial charge in [-0.3, -0.25) is 0 Å². The van der Waals surface area contributed by atoms with Gasteiger partial charge in [-0.15, -0.1) is 11.3 Å². The van der Waals surface area contributed by atoms with Gasteiger partial charge in [-0.25, -0.2) is 4.98 Å². The van der Waals surface area contributed by atoms with Gasteiger partial charge in [0.1, 0.15) is 9.34 Å². The normalized spacial score (nSPS) is 14.4. The Morgan fingerprint density at radius 2 is 2.36 bits per heavy atom. The Morgan fingerprint density at radius 1 is 1.71 bits per heavy atom. The maximum atomic E-state index is 9.46. The van der Waals surface area contributed by atoms with Gasteiger partial charge in [0.2, 0.25) is 0 Å². The lowest BCUT2D eigenvalue weighted by Gasteiger charge is -2.29. The van der Waals surface area contributed by atoms with Crippen LogP contribution in [0, 0.1) is 0 Å². The lowest BCUT2D eigenvalue weighted by atomic mass is 9.99. The van der Waals surface area contributed by atoms with Crippen LogP contribution < -0.4 is 5.32 Å². The Balaban J connectivity index is 2.48. The first kappa shape index (κ1) is 11.9. The molecule has 80 valence electrons. The number of halogens is 1. The van der Waals surface area contributed by atoms with Crippen LogP contribution in [0.15, 0.2) is 6.20 Å². The number of aromatic nitrogens is 1. The van der Waals surface area contributed by atoms with Crippen molar-refractivity contribution in [3.8, 4) is 0 Å². The van der Waals surface area contributed by atoms with Gasteiger partial charge in [0.05, 0.1) is 12.3 Å². The third kappa shape index (κ3) is 3.20. The van der Waals surface area contributed by atoms with Crippen molar-refractivity contribution >= 4 is 22.9 Å². The summed E-state index contributed by atoms with van der Waals surface area (Å²) in [6.07, 6.45) is 1.23. The zero-order valence-corrected chi connectivity index (χ0v) is 10.1. The first-order valence-corrected chi connectivity index (χ1v) is 5.64. The number of hydrogen-bond acceptors (Lipinski definition) is 4. The van der Waals surface area contributed by atoms with Gasteiger partial charge in [-0.2, -0.15) is 0 Å². The fraction of sp³-hybridized carbons (Fsp3) is 0.667. The molecule has 0 fully saturated rings. The van der Waals surface area contributed by atoms with Crippen LogP contribution in [-0.2, 0) is 6.54 Å². The van der Waals surface area contributed by atoms with Gasteiger partial charge < -0.3 is 10.4 Å². The second-order valence-corrected chi connectivity index (χ2v) is 5.56. The van der Waals surface area contributed by atoms with E-state index in [-0.39, 0.29) is 5.54 Å². The summed E-state index contributed by atoms with van der Waals surface area (Å²) in [5.74, 6) is 0. The first-order valence-electron chi connectivity index (χ1n) is 4.45. The highest BCUT2D eigenvalue weighted by atomic mass is 35.5. The van der Waals surface area contributed by atoms with E-state index in [0.29, 0.717) is 10.9 Å². The van der Waals surface area contributed by atoms with Crippen molar-refractivity contribution in [2.24, 2.45) is 0 Å². The van der Waals surface area contributed by atoms with E-state index in [0.717, 1.165) is 5.01 Å². The number of aliphatic hydroxyl groups is 1. The molecule has 1 unspecified atom stereocenters. The summed E-state index contributed by atoms with van der Waals surface area (Å²) >= 11 is 7.20. The molecule has 2 N–H and O–H groups in total. The van der Waals surface area contributed by atoms with Gasteiger partial charge in [0, 0.05) is 12.1 Å². The lowest BCUT2D eigenvalue weighted by molar-refractivity contribution is 0.0956. The molecule has 0 saturated heterocycles. The van der Waals surface area contributed by atoms with Crippen LogP contribution in [0.5, 0.6) is 0 Å². The van der Waals surface area contributed by atoms with E-state index in [1.165, 1.54) is 11.3 Å². The zero-order valence-electron chi connectivity index (χ0n) is 8.54. The van der Waals surface area contributed by atoms with Crippen LogP contribution in [0.25, 0.3) is 0 Å². The summed E-state index contributed by atoms with van der Waals surface area (Å²) < 4.78 is 0.691. The number of hydrogen-bond donors (Lipinski definition) is 2. The molecule has 1 aromatic rings. The Kier molecular flexibility index (Phi) is 3.89. The monoisotopic (exact) mass is 234 g/mol. The minimum atomic E-state index is -0.405. The zero-order chi connectivity index (χ0) is 10.8. The van der Waals surface area contributed by atoms with Crippen molar-refractivity contribution in [2.45, 2.75) is 39.0 Å². The van der Waals surface area contributed by atoms with Crippen LogP contribution in [0.1, 0.15) is 25.8 Å². The number of rotatable bonds is 4. The van der Waals surface area contributed by atoms with Crippen LogP contribution in [0.4, 0.5) is 0 Å². The van der Waals surface area contributed by atoms with E-state index < -0.39 is 6.10 Å². The highest BCUT2D eigenvalue weighted by molar-refractivity contribution is 7.15. The Morgan fingerprint density at radius 3 is 2.79 bits per heavy atom. The summed E-state index contributed by atoms with van der Waals surface area (Å²) in [7, 11) is 0. The van der Waals surface area contributed by atoms with Crippen LogP contribution in [0.2, 0.25) is 4.34 Å². The largest absolute Gasteiger partial charge is 0.392 e. The molecule has 3 nitrogen and oxygen atoms in total. The minimum absolute atomic E-state index is 0.307. The van der Waals surface area contributed by atoms with Crippen molar-refractivity contribution in [3.05, 3.63) is 15.5 Å². The summed E-state index contributed by atoms with van der Waals surface area (Å²) in [4.78, 5) is 4.12. The van der Waals surface area contributed by atoms with E-state index in [1.807, 2.05) is 13.8 Å². The molecule has 0 aliphatic carbocycles. The fourth-order valence-electron chi connectivity index (χ4n) is 0.821. The van der Waals surface area contributed by atoms with Crippen LogP contribution in [-0.4, -0.2) is 21.7 Å². The lowest BCUT2D eigenvalue weighted by Crippen LogP contribution is -2.47. The molecule has 1 atom stereocenters. The fourth-order valence-corrected chi connectivity index (χ4v) is 1.72. The molecule has 0 aliphatic heterocycles. The third-order valence-electron chi connectivity index (χ3n) is 2.27. The number of nitrogens with one attached hydrogen (secondary N) is 1. The van der Waals surface area contributed by atoms with E-state index in [1.54, 1.807) is 13.1 Å². The van der Waals surface area contributed by atoms with Crippen molar-refractivity contribution in [1.29, 1.82) is 0 Å². The molecule has 5 heteroatoms. The number of aliphatic hydroxyl groups excluding tert-OH is 1. The molecule has 1 heterocycles. The van der Waals surface area contributed by atoms with Gasteiger partial charge in [0.25, 0.3) is 0 Å². The predicted octanol–water partition coefficient (Wildman–Crippen LogP) is 2.05. The molecule has 1 rings (SSSR count). The smallest absolute Gasteiger partial charge is 0.113 e. The first-order chi connectivity index (χ1) is 6.42. The van der Waals surface area contributed by atoms with Crippen molar-refractivity contribution in [2.75, 3.05) is 0 Å². The summed E-state index contributed by atoms with van der Waals surface area (Å²) in [5, 5.41) is 13.6. The molecular weight excluding hydrogens is 220 g/mol. The van der Waals surface area contributed by atoms with E-state index in [4.69, 9.17) is 11.6 Å². The summed E-state index contributed by atoms with van der Waals surface area (Å²) in [6, 6.07) is 0. The molecule has 0 aromatic carbocycles. The summed E-state index contributed by atoms with van der Waals surface area (Å²) in [5.41, 5.74) is -0.307. The van der Waals surface area contributed by atoms with E-state index in [9.17, 15) is 5.11 Å². The Bertz CT molecular complexity index is 299. The average Bonchev–Trinajstić information content (AvgIpc) is 2.48. The molecule has 0 saturated carbocycles. The Hall–Kier alpha value is -0.160. The van der Waals surface area contributed by atoms with Gasteiger partial charge >= 0.3 is 0 Å². The van der Waals surface area contributed by atoms with Crippen molar-refractivity contribution < 1.29 is 5.11 Å². The molecule has 0 spiro atoms. The van der Waals surface area contributed by atoms with Crippen LogP contribution >= 0.6 is 22.9 Å². The Labute approximate surface area is 93.1 Å². The molecular formula is C9H15ClN2OS. The van der Waals surface area contributed by atoms with Gasteiger partial charge in [0.15, 0.2) is 0 Å². The van der Waals surface area contributed by atoms with E-state index in [2.05, 4.69) is 10.3 Å². The van der Waals surface area contributed by atoms with E-state index >= 15 is 0 Å². The predicted molar refractivity (Wildman–Crippen MR) is 59.7 cm³/mol. The summed E-state index contributed by atoms with van der Waals surface area (Å²) in [6.45, 7) is 6.30. The number of nitrogens with zero attached hydrogens (tertiary/aromatic N) is 1. The maximum absolute atomic E-state index is 9.46. The molecule has 14 heavy (non-hydrogen) atoms. The average molecular weight is 235 g/mol. The second-order valence-electron chi connectivity index (χ2n) is 3.81. The molecule has 0 amide bonds. The molecule has 1 aromatic heterocycles. The molecule has 0 radical (unpaired) electrons. The second kappa shape index (κ2) is 4.57. The SMILES string of the molecule is CC(O)C(C)(C)NCc1ncc(Cl)s1. The third-order valence-corrected chi connectivity index (χ3v) is 3.38.